The second-order valence-corrected chi connectivity index (χ2v) is 8.24. The van der Waals surface area contributed by atoms with Crippen molar-refractivity contribution in [3.63, 3.8) is 0 Å². The molecule has 16 nitrogen and oxygen atoms in total. The van der Waals surface area contributed by atoms with E-state index >= 15 is 0 Å². The number of hydrogen-bond donors (Lipinski definition) is 3. The van der Waals surface area contributed by atoms with Gasteiger partial charge in [-0.15, -0.1) is 27.0 Å². The number of alkyl halides is 3. The first kappa shape index (κ1) is 25.9. The van der Waals surface area contributed by atoms with Crippen molar-refractivity contribution in [2.75, 3.05) is 30.0 Å². The molecule has 3 rings (SSSR count). The van der Waals surface area contributed by atoms with Crippen molar-refractivity contribution in [2.24, 2.45) is 10.2 Å². The number of nitrogens with zero attached hydrogens (tertiary/aromatic N) is 10. The van der Waals surface area contributed by atoms with E-state index in [1.807, 2.05) is 0 Å². The number of aromatic amines is 1. The minimum absolute atomic E-state index is 0.0166. The number of azo groups is 1. The van der Waals surface area contributed by atoms with Crippen molar-refractivity contribution >= 4 is 33.4 Å². The molecular formula is C16H16F3N13O3S. The van der Waals surface area contributed by atoms with Crippen LogP contribution in [0.3, 0.4) is 0 Å². The molecule has 190 valence electrons. The van der Waals surface area contributed by atoms with Crippen molar-refractivity contribution in [1.29, 1.82) is 5.26 Å². The van der Waals surface area contributed by atoms with Gasteiger partial charge in [0.2, 0.25) is 11.8 Å². The topological polar surface area (TPSA) is 214 Å². The number of anilines is 2. The highest BCUT2D eigenvalue weighted by Crippen LogP contribution is 2.40. The van der Waals surface area contributed by atoms with Crippen LogP contribution < -0.4 is 14.8 Å². The van der Waals surface area contributed by atoms with Crippen LogP contribution in [0.1, 0.15) is 18.2 Å². The summed E-state index contributed by atoms with van der Waals surface area (Å²) in [7, 11) is -2.87. The quantitative estimate of drug-likeness (QED) is 0.196. The van der Waals surface area contributed by atoms with Crippen LogP contribution in [-0.2, 0) is 16.3 Å². The monoisotopic (exact) mass is 527 g/mol. The number of nitrogens with one attached hydrogen (secondary N) is 3. The van der Waals surface area contributed by atoms with Gasteiger partial charge in [0.1, 0.15) is 6.07 Å². The van der Waals surface area contributed by atoms with E-state index in [9.17, 15) is 26.9 Å². The van der Waals surface area contributed by atoms with E-state index in [1.165, 1.54) is 20.0 Å². The van der Waals surface area contributed by atoms with Crippen molar-refractivity contribution in [3.05, 3.63) is 23.9 Å². The molecule has 0 saturated heterocycles. The molecule has 0 aliphatic heterocycles. The maximum atomic E-state index is 13.8. The fourth-order valence-corrected chi connectivity index (χ4v) is 2.96. The summed E-state index contributed by atoms with van der Waals surface area (Å²) in [6, 6.07) is 1.64. The summed E-state index contributed by atoms with van der Waals surface area (Å²) in [5.41, 5.74) is -2.86. The summed E-state index contributed by atoms with van der Waals surface area (Å²) in [5, 5.41) is 38.4. The zero-order chi connectivity index (χ0) is 26.5. The molecule has 0 spiro atoms. The molecule has 3 aromatic heterocycles. The van der Waals surface area contributed by atoms with Crippen molar-refractivity contribution in [3.8, 4) is 17.9 Å². The van der Waals surface area contributed by atoms with E-state index in [-0.39, 0.29) is 24.3 Å². The van der Waals surface area contributed by atoms with Crippen LogP contribution in [0, 0.1) is 11.3 Å². The van der Waals surface area contributed by atoms with Gasteiger partial charge < -0.3 is 14.8 Å². The second-order valence-electron chi connectivity index (χ2n) is 6.38. The Hall–Kier alpha value is -4.67. The third-order valence-electron chi connectivity index (χ3n) is 4.05. The van der Waals surface area contributed by atoms with Crippen LogP contribution in [0.15, 0.2) is 22.9 Å². The first-order valence-electron chi connectivity index (χ1n) is 9.67. The lowest BCUT2D eigenvalue weighted by Crippen LogP contribution is -2.15. The van der Waals surface area contributed by atoms with E-state index in [0.29, 0.717) is 4.68 Å². The third kappa shape index (κ3) is 5.52. The summed E-state index contributed by atoms with van der Waals surface area (Å²) in [6.45, 7) is 4.78. The SMILES string of the molecule is C=CCNc1nc(NC)nc(C(F)(F)F)c1N=Nc1nn(-c2nn[nH]n2)c(OS(=O)(=O)CC)c1C#N. The highest BCUT2D eigenvalue weighted by Gasteiger charge is 2.38. The average molecular weight is 527 g/mol. The van der Waals surface area contributed by atoms with Gasteiger partial charge in [0.05, 0.1) is 5.75 Å². The lowest BCUT2D eigenvalue weighted by molar-refractivity contribution is -0.140. The maximum Gasteiger partial charge on any atom is 0.435 e. The van der Waals surface area contributed by atoms with Crippen molar-refractivity contribution < 1.29 is 25.8 Å². The molecule has 3 N–H and O–H groups in total. The second kappa shape index (κ2) is 10.3. The van der Waals surface area contributed by atoms with Gasteiger partial charge >= 0.3 is 16.3 Å². The lowest BCUT2D eigenvalue weighted by atomic mass is 10.3. The summed E-state index contributed by atoms with van der Waals surface area (Å²) in [6.07, 6.45) is -3.60. The molecule has 3 aromatic rings. The van der Waals surface area contributed by atoms with E-state index in [2.05, 4.69) is 63.1 Å². The predicted octanol–water partition coefficient (Wildman–Crippen LogP) is 1.85. The minimum atomic E-state index is -4.97. The molecule has 36 heavy (non-hydrogen) atoms. The number of nitriles is 1. The first-order chi connectivity index (χ1) is 17.0. The average Bonchev–Trinajstić information content (AvgIpc) is 3.48. The van der Waals surface area contributed by atoms with Crippen LogP contribution in [0.2, 0.25) is 0 Å². The van der Waals surface area contributed by atoms with Gasteiger partial charge in [-0.05, 0) is 12.1 Å². The van der Waals surface area contributed by atoms with Crippen molar-refractivity contribution in [1.82, 2.24) is 40.4 Å². The highest BCUT2D eigenvalue weighted by molar-refractivity contribution is 7.87. The van der Waals surface area contributed by atoms with Crippen LogP contribution >= 0.6 is 0 Å². The molecular weight excluding hydrogens is 511 g/mol. The molecule has 0 aromatic carbocycles. The Morgan fingerprint density at radius 2 is 2.08 bits per heavy atom. The Labute approximate surface area is 200 Å². The van der Waals surface area contributed by atoms with Crippen LogP contribution in [0.5, 0.6) is 5.88 Å². The van der Waals surface area contributed by atoms with E-state index in [4.69, 9.17) is 4.18 Å². The number of hydrogen-bond acceptors (Lipinski definition) is 14. The zero-order valence-corrected chi connectivity index (χ0v) is 19.3. The van der Waals surface area contributed by atoms with E-state index in [1.54, 1.807) is 6.07 Å². The Morgan fingerprint density at radius 3 is 2.64 bits per heavy atom. The molecule has 20 heteroatoms. The summed E-state index contributed by atoms with van der Waals surface area (Å²) in [5.74, 6) is -2.81. The maximum absolute atomic E-state index is 13.8. The molecule has 3 heterocycles. The molecule has 0 fully saturated rings. The number of halogens is 3. The number of aromatic nitrogens is 8. The zero-order valence-electron chi connectivity index (χ0n) is 18.4. The van der Waals surface area contributed by atoms with Gasteiger partial charge in [0, 0.05) is 13.6 Å². The van der Waals surface area contributed by atoms with Gasteiger partial charge in [-0.25, -0.2) is 4.98 Å². The fourth-order valence-electron chi connectivity index (χ4n) is 2.45. The molecule has 0 saturated carbocycles. The Balaban J connectivity index is 2.22. The predicted molar refractivity (Wildman–Crippen MR) is 116 cm³/mol. The molecule has 0 atom stereocenters. The van der Waals surface area contributed by atoms with Crippen LogP contribution in [-0.4, -0.2) is 68.1 Å². The Kier molecular flexibility index (Phi) is 7.42. The highest BCUT2D eigenvalue weighted by atomic mass is 32.2. The van der Waals surface area contributed by atoms with Gasteiger partial charge in [-0.1, -0.05) is 11.2 Å². The summed E-state index contributed by atoms with van der Waals surface area (Å²) >= 11 is 0. The lowest BCUT2D eigenvalue weighted by Gasteiger charge is -2.14. The van der Waals surface area contributed by atoms with Crippen LogP contribution in [0.4, 0.5) is 36.4 Å². The number of rotatable bonds is 10. The van der Waals surface area contributed by atoms with Gasteiger partial charge in [0.15, 0.2) is 22.8 Å². The first-order valence-corrected chi connectivity index (χ1v) is 11.2. The largest absolute Gasteiger partial charge is 0.435 e. The van der Waals surface area contributed by atoms with Gasteiger partial charge in [0.25, 0.3) is 11.8 Å². The third-order valence-corrected chi connectivity index (χ3v) is 5.17. The van der Waals surface area contributed by atoms with Crippen LogP contribution in [0.25, 0.3) is 5.95 Å². The normalized spacial score (nSPS) is 11.9. The van der Waals surface area contributed by atoms with Gasteiger partial charge in [-0.2, -0.15) is 41.7 Å². The molecule has 0 aliphatic rings. The van der Waals surface area contributed by atoms with E-state index < -0.39 is 50.7 Å². The molecule has 0 bridgehead atoms. The smallest absolute Gasteiger partial charge is 0.365 e. The molecule has 0 aliphatic carbocycles. The number of H-pyrrole nitrogens is 1. The summed E-state index contributed by atoms with van der Waals surface area (Å²) in [4.78, 5) is 7.33. The fraction of sp³-hybridized carbons (Fsp3) is 0.312. The standard InChI is InChI=1S/C16H16F3N13O3S/c1-4-6-22-12-9(10(16(17,18)19)23-14(21-3)24-12)25-26-11-8(7-20)13(35-36(33,34)5-2)32(29-11)15-27-30-31-28-15/h4H,1,5-6H2,2-3H3,(H2,21,22,23,24)(H,27,28,30,31). The van der Waals surface area contributed by atoms with E-state index in [0.717, 1.165) is 0 Å². The molecule has 0 unspecified atom stereocenters. The van der Waals surface area contributed by atoms with Crippen molar-refractivity contribution in [2.45, 2.75) is 13.1 Å². The minimum Gasteiger partial charge on any atom is -0.365 e. The molecule has 0 amide bonds. The Morgan fingerprint density at radius 1 is 1.33 bits per heavy atom. The summed E-state index contributed by atoms with van der Waals surface area (Å²) < 4.78 is 71.0. The number of tetrazole rings is 1. The Bertz CT molecular complexity index is 1430. The molecule has 0 radical (unpaired) electrons. The van der Waals surface area contributed by atoms with Gasteiger partial charge in [-0.3, -0.25) is 0 Å².